The van der Waals surface area contributed by atoms with Crippen LogP contribution >= 0.6 is 15.9 Å². The van der Waals surface area contributed by atoms with Crippen molar-refractivity contribution in [2.75, 3.05) is 19.6 Å². The first-order valence-electron chi connectivity index (χ1n) is 6.72. The summed E-state index contributed by atoms with van der Waals surface area (Å²) >= 11 is 3.24. The minimum Gasteiger partial charge on any atom is -0.372 e. The smallest absolute Gasteiger partial charge is 0.137 e. The van der Waals surface area contributed by atoms with Crippen molar-refractivity contribution in [2.24, 2.45) is 5.73 Å². The quantitative estimate of drug-likeness (QED) is 0.926. The first-order chi connectivity index (χ1) is 9.17. The van der Waals surface area contributed by atoms with Gasteiger partial charge in [-0.15, -0.1) is 0 Å². The number of ether oxygens (including phenoxy) is 1. The molecule has 5 heteroatoms. The Kier molecular flexibility index (Phi) is 3.89. The molecule has 0 aliphatic carbocycles. The molecule has 3 unspecified atom stereocenters. The lowest BCUT2D eigenvalue weighted by atomic mass is 10.0. The van der Waals surface area contributed by atoms with Crippen LogP contribution < -0.4 is 5.73 Å². The van der Waals surface area contributed by atoms with Gasteiger partial charge in [0.2, 0.25) is 0 Å². The maximum absolute atomic E-state index is 13.3. The largest absolute Gasteiger partial charge is 0.372 e. The third-order valence-corrected chi connectivity index (χ3v) is 4.67. The van der Waals surface area contributed by atoms with Gasteiger partial charge in [0, 0.05) is 25.7 Å². The van der Waals surface area contributed by atoms with Gasteiger partial charge in [-0.25, -0.2) is 4.39 Å². The molecule has 2 aliphatic rings. The van der Waals surface area contributed by atoms with E-state index in [1.165, 1.54) is 6.07 Å². The van der Waals surface area contributed by atoms with Gasteiger partial charge in [-0.05, 0) is 46.5 Å². The van der Waals surface area contributed by atoms with E-state index < -0.39 is 0 Å². The number of halogens is 2. The lowest BCUT2D eigenvalue weighted by Crippen LogP contribution is -2.46. The first-order valence-corrected chi connectivity index (χ1v) is 7.51. The number of likely N-dealkylation sites (tertiary alicyclic amines) is 1. The second kappa shape index (κ2) is 5.48. The van der Waals surface area contributed by atoms with E-state index in [1.807, 2.05) is 12.1 Å². The van der Waals surface area contributed by atoms with Gasteiger partial charge < -0.3 is 10.5 Å². The standard InChI is InChI=1S/C14H18BrFN2O/c15-12-5-9(1-4-13(12)16)14(6-17)18-7-10-2-3-11(8-18)19-10/h1,4-5,10-11,14H,2-3,6-8,17H2. The van der Waals surface area contributed by atoms with Gasteiger partial charge in [-0.2, -0.15) is 0 Å². The van der Waals surface area contributed by atoms with Gasteiger partial charge in [0.05, 0.1) is 16.7 Å². The summed E-state index contributed by atoms with van der Waals surface area (Å²) in [6.45, 7) is 2.39. The number of hydrogen-bond acceptors (Lipinski definition) is 3. The van der Waals surface area contributed by atoms with Gasteiger partial charge in [-0.3, -0.25) is 4.90 Å². The van der Waals surface area contributed by atoms with Crippen LogP contribution in [-0.4, -0.2) is 36.7 Å². The van der Waals surface area contributed by atoms with E-state index in [1.54, 1.807) is 0 Å². The fourth-order valence-corrected chi connectivity index (χ4v) is 3.51. The normalized spacial score (nSPS) is 28.6. The Hall–Kier alpha value is -0.490. The summed E-state index contributed by atoms with van der Waals surface area (Å²) in [6, 6.07) is 5.31. The molecule has 2 aliphatic heterocycles. The summed E-state index contributed by atoms with van der Waals surface area (Å²) in [5, 5.41) is 0. The average molecular weight is 329 g/mol. The number of nitrogens with zero attached hydrogens (tertiary/aromatic N) is 1. The van der Waals surface area contributed by atoms with E-state index in [9.17, 15) is 4.39 Å². The van der Waals surface area contributed by atoms with Gasteiger partial charge in [-0.1, -0.05) is 6.07 Å². The Labute approximate surface area is 121 Å². The average Bonchev–Trinajstić information content (AvgIpc) is 2.74. The lowest BCUT2D eigenvalue weighted by molar-refractivity contribution is -0.0521. The van der Waals surface area contributed by atoms with Crippen LogP contribution in [0.15, 0.2) is 22.7 Å². The molecule has 3 atom stereocenters. The fourth-order valence-electron chi connectivity index (χ4n) is 3.12. The molecule has 2 fully saturated rings. The number of benzene rings is 1. The maximum Gasteiger partial charge on any atom is 0.137 e. The van der Waals surface area contributed by atoms with Crippen LogP contribution in [0.1, 0.15) is 24.4 Å². The molecule has 2 N–H and O–H groups in total. The molecule has 0 radical (unpaired) electrons. The molecule has 19 heavy (non-hydrogen) atoms. The second-order valence-corrected chi connectivity index (χ2v) is 6.19. The molecule has 1 aromatic carbocycles. The monoisotopic (exact) mass is 328 g/mol. The SMILES string of the molecule is NCC(c1ccc(F)c(Br)c1)N1CC2CCC(C1)O2. The Morgan fingerprint density at radius 3 is 2.63 bits per heavy atom. The van der Waals surface area contributed by atoms with E-state index in [-0.39, 0.29) is 11.9 Å². The van der Waals surface area contributed by atoms with Gasteiger partial charge >= 0.3 is 0 Å². The zero-order valence-corrected chi connectivity index (χ0v) is 12.3. The Morgan fingerprint density at radius 1 is 1.37 bits per heavy atom. The maximum atomic E-state index is 13.3. The second-order valence-electron chi connectivity index (χ2n) is 5.34. The number of hydrogen-bond donors (Lipinski definition) is 1. The molecular formula is C14H18BrFN2O. The number of nitrogens with two attached hydrogens (primary N) is 1. The Morgan fingerprint density at radius 2 is 2.05 bits per heavy atom. The molecule has 3 rings (SSSR count). The van der Waals surface area contributed by atoms with E-state index >= 15 is 0 Å². The first kappa shape index (κ1) is 13.5. The number of rotatable bonds is 3. The molecular weight excluding hydrogens is 311 g/mol. The van der Waals surface area contributed by atoms with E-state index in [0.29, 0.717) is 23.2 Å². The molecule has 2 heterocycles. The van der Waals surface area contributed by atoms with Crippen LogP contribution in [-0.2, 0) is 4.74 Å². The van der Waals surface area contributed by atoms with E-state index in [0.717, 1.165) is 31.5 Å². The van der Waals surface area contributed by atoms with Crippen molar-refractivity contribution < 1.29 is 9.13 Å². The predicted octanol–water partition coefficient (Wildman–Crippen LogP) is 2.45. The lowest BCUT2D eigenvalue weighted by Gasteiger charge is -2.37. The highest BCUT2D eigenvalue weighted by molar-refractivity contribution is 9.10. The molecule has 0 aromatic heterocycles. The predicted molar refractivity (Wildman–Crippen MR) is 75.4 cm³/mol. The van der Waals surface area contributed by atoms with Crippen LogP contribution in [0.3, 0.4) is 0 Å². The zero-order valence-electron chi connectivity index (χ0n) is 10.7. The molecule has 3 nitrogen and oxygen atoms in total. The molecule has 2 saturated heterocycles. The summed E-state index contributed by atoms with van der Waals surface area (Å²) in [6.07, 6.45) is 2.98. The molecule has 1 aromatic rings. The summed E-state index contributed by atoms with van der Waals surface area (Å²) in [4.78, 5) is 2.38. The van der Waals surface area contributed by atoms with Crippen molar-refractivity contribution in [1.82, 2.24) is 4.90 Å². The zero-order chi connectivity index (χ0) is 13.4. The number of fused-ring (bicyclic) bond motifs is 2. The molecule has 2 bridgehead atoms. The van der Waals surface area contributed by atoms with Crippen molar-refractivity contribution >= 4 is 15.9 Å². The van der Waals surface area contributed by atoms with Gasteiger partial charge in [0.25, 0.3) is 0 Å². The van der Waals surface area contributed by atoms with Crippen LogP contribution in [0.2, 0.25) is 0 Å². The highest BCUT2D eigenvalue weighted by Gasteiger charge is 2.36. The van der Waals surface area contributed by atoms with Gasteiger partial charge in [0.1, 0.15) is 5.82 Å². The van der Waals surface area contributed by atoms with Crippen LogP contribution in [0.5, 0.6) is 0 Å². The summed E-state index contributed by atoms with van der Waals surface area (Å²) in [5.41, 5.74) is 7.01. The van der Waals surface area contributed by atoms with Crippen molar-refractivity contribution in [3.8, 4) is 0 Å². The Balaban J connectivity index is 1.81. The fraction of sp³-hybridized carbons (Fsp3) is 0.571. The summed E-state index contributed by atoms with van der Waals surface area (Å²) in [5.74, 6) is -0.235. The minimum atomic E-state index is -0.235. The number of morpholine rings is 1. The molecule has 0 amide bonds. The third kappa shape index (κ3) is 2.70. The van der Waals surface area contributed by atoms with Crippen LogP contribution in [0.4, 0.5) is 4.39 Å². The highest BCUT2D eigenvalue weighted by Crippen LogP contribution is 2.32. The topological polar surface area (TPSA) is 38.5 Å². The van der Waals surface area contributed by atoms with E-state index in [2.05, 4.69) is 20.8 Å². The highest BCUT2D eigenvalue weighted by atomic mass is 79.9. The summed E-state index contributed by atoms with van der Waals surface area (Å²) < 4.78 is 19.7. The van der Waals surface area contributed by atoms with E-state index in [4.69, 9.17) is 10.5 Å². The van der Waals surface area contributed by atoms with Crippen molar-refractivity contribution in [1.29, 1.82) is 0 Å². The van der Waals surface area contributed by atoms with Crippen molar-refractivity contribution in [3.63, 3.8) is 0 Å². The van der Waals surface area contributed by atoms with Crippen molar-refractivity contribution in [3.05, 3.63) is 34.1 Å². The molecule has 0 spiro atoms. The minimum absolute atomic E-state index is 0.142. The Bertz CT molecular complexity index is 459. The third-order valence-electron chi connectivity index (χ3n) is 4.06. The van der Waals surface area contributed by atoms with Crippen LogP contribution in [0, 0.1) is 5.82 Å². The summed E-state index contributed by atoms with van der Waals surface area (Å²) in [7, 11) is 0. The van der Waals surface area contributed by atoms with Crippen molar-refractivity contribution in [2.45, 2.75) is 31.1 Å². The van der Waals surface area contributed by atoms with Gasteiger partial charge in [0.15, 0.2) is 0 Å². The molecule has 104 valence electrons. The van der Waals surface area contributed by atoms with Crippen LogP contribution in [0.25, 0.3) is 0 Å². The molecule has 0 saturated carbocycles.